The topological polar surface area (TPSA) is 35.2 Å². The van der Waals surface area contributed by atoms with Crippen molar-refractivity contribution < 1.29 is 17.9 Å². The van der Waals surface area contributed by atoms with Gasteiger partial charge in [0.05, 0.1) is 0 Å². The summed E-state index contributed by atoms with van der Waals surface area (Å²) in [5.41, 5.74) is 6.87. The Kier molecular flexibility index (Phi) is 5.23. The molecule has 1 rings (SSSR count). The Balaban J connectivity index is 3.04. The molecule has 0 aliphatic rings. The third kappa shape index (κ3) is 4.42. The zero-order valence-electron chi connectivity index (χ0n) is 11.4. The number of hydrogen-bond donors (Lipinski definition) is 1. The summed E-state index contributed by atoms with van der Waals surface area (Å²) < 4.78 is 43.7. The molecular formula is C14H20F3NO. The van der Waals surface area contributed by atoms with Crippen LogP contribution in [0.4, 0.5) is 13.2 Å². The van der Waals surface area contributed by atoms with Crippen LogP contribution in [-0.4, -0.2) is 18.8 Å². The number of rotatable bonds is 5. The molecule has 1 aromatic carbocycles. The normalized spacial score (nSPS) is 13.7. The van der Waals surface area contributed by atoms with Crippen LogP contribution >= 0.6 is 0 Å². The van der Waals surface area contributed by atoms with Crippen LogP contribution in [0.15, 0.2) is 18.2 Å². The Hall–Kier alpha value is -1.23. The first-order valence-electron chi connectivity index (χ1n) is 6.29. The van der Waals surface area contributed by atoms with Crippen LogP contribution in [0.1, 0.15) is 37.3 Å². The average Bonchev–Trinajstić information content (AvgIpc) is 2.26. The van der Waals surface area contributed by atoms with E-state index in [9.17, 15) is 13.2 Å². The number of benzene rings is 1. The number of nitrogens with two attached hydrogens (primary N) is 1. The number of alkyl halides is 3. The third-order valence-electron chi connectivity index (χ3n) is 2.85. The van der Waals surface area contributed by atoms with Gasteiger partial charge in [-0.2, -0.15) is 13.2 Å². The molecule has 0 amide bonds. The van der Waals surface area contributed by atoms with Gasteiger partial charge in [0.25, 0.3) is 0 Å². The van der Waals surface area contributed by atoms with E-state index < -0.39 is 12.3 Å². The summed E-state index contributed by atoms with van der Waals surface area (Å²) in [5.74, 6) is 0.396. The largest absolute Gasteiger partial charge is 0.481 e. The highest BCUT2D eigenvalue weighted by atomic mass is 19.4. The van der Waals surface area contributed by atoms with Crippen molar-refractivity contribution in [2.75, 3.05) is 6.54 Å². The number of hydrogen-bond acceptors (Lipinski definition) is 2. The Bertz CT molecular complexity index is 416. The minimum Gasteiger partial charge on any atom is -0.481 e. The van der Waals surface area contributed by atoms with E-state index in [0.29, 0.717) is 5.75 Å². The summed E-state index contributed by atoms with van der Waals surface area (Å²) in [6.07, 6.45) is -6.50. The minimum atomic E-state index is -4.41. The Morgan fingerprint density at radius 3 is 2.37 bits per heavy atom. The van der Waals surface area contributed by atoms with Crippen LogP contribution < -0.4 is 10.5 Å². The highest BCUT2D eigenvalue weighted by Gasteiger charge is 2.41. The molecule has 0 spiro atoms. The maximum absolute atomic E-state index is 12.8. The first kappa shape index (κ1) is 15.8. The molecule has 0 bridgehead atoms. The highest BCUT2D eigenvalue weighted by Crippen LogP contribution is 2.32. The zero-order chi connectivity index (χ0) is 14.6. The molecule has 0 saturated carbocycles. The van der Waals surface area contributed by atoms with Gasteiger partial charge in [-0.05, 0) is 36.6 Å². The summed E-state index contributed by atoms with van der Waals surface area (Å²) in [6, 6.07) is 5.32. The van der Waals surface area contributed by atoms with Crippen LogP contribution in [0.3, 0.4) is 0 Å². The lowest BCUT2D eigenvalue weighted by molar-refractivity contribution is -0.196. The molecule has 0 radical (unpaired) electrons. The smallest absolute Gasteiger partial charge is 0.425 e. The summed E-state index contributed by atoms with van der Waals surface area (Å²) in [6.45, 7) is 5.60. The van der Waals surface area contributed by atoms with Gasteiger partial charge < -0.3 is 10.5 Å². The summed E-state index contributed by atoms with van der Waals surface area (Å²) in [4.78, 5) is 0. The summed E-state index contributed by atoms with van der Waals surface area (Å²) >= 11 is 0. The lowest BCUT2D eigenvalue weighted by Gasteiger charge is -2.24. The Morgan fingerprint density at radius 2 is 1.89 bits per heavy atom. The first-order valence-corrected chi connectivity index (χ1v) is 6.29. The summed E-state index contributed by atoms with van der Waals surface area (Å²) in [5, 5.41) is 0. The van der Waals surface area contributed by atoms with E-state index in [4.69, 9.17) is 10.5 Å². The van der Waals surface area contributed by atoms with Crippen molar-refractivity contribution in [3.8, 4) is 5.75 Å². The molecule has 0 fully saturated rings. The van der Waals surface area contributed by atoms with Crippen LogP contribution in [0, 0.1) is 6.92 Å². The maximum Gasteiger partial charge on any atom is 0.425 e. The molecule has 2 N–H and O–H groups in total. The van der Waals surface area contributed by atoms with Gasteiger partial charge in [0.1, 0.15) is 5.75 Å². The quantitative estimate of drug-likeness (QED) is 0.887. The fourth-order valence-electron chi connectivity index (χ4n) is 1.81. The van der Waals surface area contributed by atoms with Gasteiger partial charge in [-0.3, -0.25) is 0 Å². The molecule has 108 valence electrons. The number of aryl methyl sites for hydroxylation is 1. The fraction of sp³-hybridized carbons (Fsp3) is 0.571. The fourth-order valence-corrected chi connectivity index (χ4v) is 1.81. The average molecular weight is 275 g/mol. The molecule has 2 nitrogen and oxygen atoms in total. The third-order valence-corrected chi connectivity index (χ3v) is 2.85. The predicted octanol–water partition coefficient (Wildman–Crippen LogP) is 3.78. The lowest BCUT2D eigenvalue weighted by atomic mass is 10.0. The van der Waals surface area contributed by atoms with E-state index in [1.807, 2.05) is 32.9 Å². The van der Waals surface area contributed by atoms with E-state index >= 15 is 0 Å². The van der Waals surface area contributed by atoms with Crippen molar-refractivity contribution in [1.82, 2.24) is 0 Å². The minimum absolute atomic E-state index is 0.0625. The highest BCUT2D eigenvalue weighted by molar-refractivity contribution is 5.39. The van der Waals surface area contributed by atoms with Crippen molar-refractivity contribution in [1.29, 1.82) is 0 Å². The second-order valence-corrected chi connectivity index (χ2v) is 4.92. The number of ether oxygens (including phenoxy) is 1. The first-order chi connectivity index (χ1) is 8.75. The van der Waals surface area contributed by atoms with Gasteiger partial charge in [-0.15, -0.1) is 0 Å². The molecule has 1 aromatic rings. The van der Waals surface area contributed by atoms with Gasteiger partial charge in [-0.25, -0.2) is 0 Å². The van der Waals surface area contributed by atoms with Gasteiger partial charge >= 0.3 is 6.18 Å². The van der Waals surface area contributed by atoms with Crippen LogP contribution in [0.25, 0.3) is 0 Å². The van der Waals surface area contributed by atoms with Gasteiger partial charge in [0.15, 0.2) is 6.10 Å². The van der Waals surface area contributed by atoms with Crippen LogP contribution in [0.2, 0.25) is 0 Å². The molecule has 0 saturated heterocycles. The Labute approximate surface area is 111 Å². The predicted molar refractivity (Wildman–Crippen MR) is 69.4 cm³/mol. The maximum atomic E-state index is 12.8. The summed E-state index contributed by atoms with van der Waals surface area (Å²) in [7, 11) is 0. The van der Waals surface area contributed by atoms with Crippen LogP contribution in [0.5, 0.6) is 5.75 Å². The van der Waals surface area contributed by atoms with E-state index in [2.05, 4.69) is 0 Å². The van der Waals surface area contributed by atoms with Crippen LogP contribution in [-0.2, 0) is 0 Å². The van der Waals surface area contributed by atoms with Gasteiger partial charge in [0, 0.05) is 6.42 Å². The molecule has 19 heavy (non-hydrogen) atoms. The van der Waals surface area contributed by atoms with Crippen molar-refractivity contribution >= 4 is 0 Å². The zero-order valence-corrected chi connectivity index (χ0v) is 11.4. The van der Waals surface area contributed by atoms with E-state index in [1.54, 1.807) is 6.07 Å². The van der Waals surface area contributed by atoms with E-state index in [-0.39, 0.29) is 18.9 Å². The SMILES string of the molecule is Cc1ccc(C(C)C)c(OC(CCN)C(F)(F)F)c1. The molecule has 0 aliphatic heterocycles. The van der Waals surface area contributed by atoms with Crippen molar-refractivity contribution in [2.24, 2.45) is 5.73 Å². The Morgan fingerprint density at radius 1 is 1.26 bits per heavy atom. The van der Waals surface area contributed by atoms with Gasteiger partial charge in [-0.1, -0.05) is 26.0 Å². The molecule has 1 unspecified atom stereocenters. The molecular weight excluding hydrogens is 255 g/mol. The molecule has 0 aromatic heterocycles. The molecule has 5 heteroatoms. The molecule has 0 aliphatic carbocycles. The van der Waals surface area contributed by atoms with Gasteiger partial charge in [0.2, 0.25) is 0 Å². The standard InChI is InChI=1S/C14H20F3NO/c1-9(2)11-5-4-10(3)8-12(11)19-13(6-7-18)14(15,16)17/h4-5,8-9,13H,6-7,18H2,1-3H3. The van der Waals surface area contributed by atoms with E-state index in [0.717, 1.165) is 11.1 Å². The van der Waals surface area contributed by atoms with Crippen molar-refractivity contribution in [3.63, 3.8) is 0 Å². The van der Waals surface area contributed by atoms with Crippen molar-refractivity contribution in [3.05, 3.63) is 29.3 Å². The molecule has 1 atom stereocenters. The monoisotopic (exact) mass is 275 g/mol. The van der Waals surface area contributed by atoms with E-state index in [1.165, 1.54) is 0 Å². The number of halogens is 3. The second-order valence-electron chi connectivity index (χ2n) is 4.92. The molecule has 0 heterocycles. The lowest BCUT2D eigenvalue weighted by Crippen LogP contribution is -2.36. The second kappa shape index (κ2) is 6.28. The van der Waals surface area contributed by atoms with Crippen molar-refractivity contribution in [2.45, 2.75) is 45.4 Å².